The molecule has 18 heavy (non-hydrogen) atoms. The minimum absolute atomic E-state index is 0.0576. The van der Waals surface area contributed by atoms with Crippen LogP contribution in [0.2, 0.25) is 0 Å². The van der Waals surface area contributed by atoms with Gasteiger partial charge in [-0.15, -0.1) is 0 Å². The van der Waals surface area contributed by atoms with Crippen molar-refractivity contribution in [2.75, 3.05) is 5.73 Å². The van der Waals surface area contributed by atoms with E-state index in [4.69, 9.17) is 10.3 Å². The molecule has 0 saturated carbocycles. The fourth-order valence-corrected chi connectivity index (χ4v) is 1.39. The molecule has 1 aromatic carbocycles. The van der Waals surface area contributed by atoms with Crippen molar-refractivity contribution in [3.05, 3.63) is 51.4 Å². The topological polar surface area (TPSA) is 95.2 Å². The van der Waals surface area contributed by atoms with Crippen molar-refractivity contribution in [1.29, 1.82) is 0 Å². The smallest absolute Gasteiger partial charge is 0.269 e. The zero-order valence-electron chi connectivity index (χ0n) is 9.66. The Hall–Kier alpha value is -2.63. The van der Waals surface area contributed by atoms with E-state index in [1.54, 1.807) is 31.2 Å². The summed E-state index contributed by atoms with van der Waals surface area (Å²) in [5.41, 5.74) is 7.74. The Morgan fingerprint density at radius 1 is 1.33 bits per heavy atom. The summed E-state index contributed by atoms with van der Waals surface area (Å²) in [6, 6.07) is 6.17. The third-order valence-electron chi connectivity index (χ3n) is 2.47. The number of nitro groups is 1. The fourth-order valence-electron chi connectivity index (χ4n) is 1.39. The van der Waals surface area contributed by atoms with Crippen molar-refractivity contribution in [3.63, 3.8) is 0 Å². The van der Waals surface area contributed by atoms with E-state index in [-0.39, 0.29) is 5.69 Å². The molecule has 0 aliphatic rings. The monoisotopic (exact) mass is 245 g/mol. The summed E-state index contributed by atoms with van der Waals surface area (Å²) in [4.78, 5) is 10.0. The van der Waals surface area contributed by atoms with E-state index in [2.05, 4.69) is 5.16 Å². The summed E-state index contributed by atoms with van der Waals surface area (Å²) in [5.74, 6) is 0.478. The lowest BCUT2D eigenvalue weighted by Gasteiger charge is -1.93. The zero-order chi connectivity index (χ0) is 13.1. The van der Waals surface area contributed by atoms with Gasteiger partial charge in [-0.25, -0.2) is 0 Å². The molecule has 2 rings (SSSR count). The molecule has 1 aromatic heterocycles. The molecular weight excluding hydrogens is 234 g/mol. The lowest BCUT2D eigenvalue weighted by molar-refractivity contribution is -0.384. The summed E-state index contributed by atoms with van der Waals surface area (Å²) < 4.78 is 5.01. The first-order valence-corrected chi connectivity index (χ1v) is 5.22. The number of non-ortho nitro benzene ring substituents is 1. The molecule has 0 radical (unpaired) electrons. The number of anilines is 1. The maximum Gasteiger partial charge on any atom is 0.269 e. The number of nitrogens with zero attached hydrogens (tertiary/aromatic N) is 2. The summed E-state index contributed by atoms with van der Waals surface area (Å²) in [7, 11) is 0. The second kappa shape index (κ2) is 4.70. The standard InChI is InChI=1S/C12H11N3O3/c1-8-12(13)11(18-14-8)7-4-9-2-5-10(6-3-9)15(16)17/h2-7H,13H2,1H3/b7-4+. The number of hydrogen-bond acceptors (Lipinski definition) is 5. The van der Waals surface area contributed by atoms with E-state index >= 15 is 0 Å². The molecule has 2 aromatic rings. The molecule has 0 aliphatic carbocycles. The lowest BCUT2D eigenvalue weighted by Crippen LogP contribution is -1.87. The molecule has 0 bridgehead atoms. The quantitative estimate of drug-likeness (QED) is 0.662. The first-order valence-electron chi connectivity index (χ1n) is 5.22. The third kappa shape index (κ3) is 2.37. The molecule has 0 aliphatic heterocycles. The Bertz CT molecular complexity index is 600. The third-order valence-corrected chi connectivity index (χ3v) is 2.47. The van der Waals surface area contributed by atoms with E-state index in [1.165, 1.54) is 12.1 Å². The highest BCUT2D eigenvalue weighted by atomic mass is 16.6. The van der Waals surface area contributed by atoms with Crippen LogP contribution in [0.1, 0.15) is 17.0 Å². The van der Waals surface area contributed by atoms with Gasteiger partial charge in [-0.2, -0.15) is 0 Å². The van der Waals surface area contributed by atoms with Crippen LogP contribution in [0.4, 0.5) is 11.4 Å². The average molecular weight is 245 g/mol. The van der Waals surface area contributed by atoms with Gasteiger partial charge < -0.3 is 10.3 Å². The van der Waals surface area contributed by atoms with Crippen LogP contribution in [-0.4, -0.2) is 10.1 Å². The Morgan fingerprint density at radius 3 is 2.50 bits per heavy atom. The number of nitrogen functional groups attached to an aromatic ring is 1. The number of benzene rings is 1. The fraction of sp³-hybridized carbons (Fsp3) is 0.0833. The van der Waals surface area contributed by atoms with Crippen LogP contribution in [0.3, 0.4) is 0 Å². The molecule has 92 valence electrons. The Kier molecular flexibility index (Phi) is 3.09. The highest BCUT2D eigenvalue weighted by Crippen LogP contribution is 2.19. The maximum absolute atomic E-state index is 10.5. The molecule has 0 saturated heterocycles. The Balaban J connectivity index is 2.19. The van der Waals surface area contributed by atoms with Gasteiger partial charge >= 0.3 is 0 Å². The van der Waals surface area contributed by atoms with Crippen LogP contribution >= 0.6 is 0 Å². The number of rotatable bonds is 3. The predicted octanol–water partition coefficient (Wildman–Crippen LogP) is 2.64. The second-order valence-corrected chi connectivity index (χ2v) is 3.73. The number of aromatic nitrogens is 1. The van der Waals surface area contributed by atoms with Gasteiger partial charge in [0.25, 0.3) is 5.69 Å². The van der Waals surface area contributed by atoms with Gasteiger partial charge in [0.15, 0.2) is 5.76 Å². The summed E-state index contributed by atoms with van der Waals surface area (Å²) in [6.45, 7) is 1.75. The molecule has 0 spiro atoms. The maximum atomic E-state index is 10.5. The van der Waals surface area contributed by atoms with Crippen LogP contribution in [0.25, 0.3) is 12.2 Å². The van der Waals surface area contributed by atoms with Crippen molar-refractivity contribution < 1.29 is 9.45 Å². The Morgan fingerprint density at radius 2 is 2.00 bits per heavy atom. The largest absolute Gasteiger partial charge is 0.394 e. The van der Waals surface area contributed by atoms with Gasteiger partial charge in [-0.3, -0.25) is 10.1 Å². The minimum Gasteiger partial charge on any atom is -0.394 e. The molecule has 2 N–H and O–H groups in total. The second-order valence-electron chi connectivity index (χ2n) is 3.73. The highest BCUT2D eigenvalue weighted by molar-refractivity contribution is 5.73. The number of aryl methyl sites for hydroxylation is 1. The lowest BCUT2D eigenvalue weighted by atomic mass is 10.2. The number of nitrogens with two attached hydrogens (primary N) is 1. The van der Waals surface area contributed by atoms with Gasteiger partial charge in [0, 0.05) is 12.1 Å². The van der Waals surface area contributed by atoms with E-state index in [1.807, 2.05) is 0 Å². The summed E-state index contributed by atoms with van der Waals surface area (Å²) >= 11 is 0. The van der Waals surface area contributed by atoms with Crippen molar-refractivity contribution in [3.8, 4) is 0 Å². The molecule has 0 atom stereocenters. The van der Waals surface area contributed by atoms with Gasteiger partial charge in [-0.05, 0) is 30.7 Å². The van der Waals surface area contributed by atoms with Crippen LogP contribution in [-0.2, 0) is 0 Å². The summed E-state index contributed by atoms with van der Waals surface area (Å²) in [6.07, 6.45) is 3.43. The first kappa shape index (κ1) is 11.8. The molecule has 0 amide bonds. The van der Waals surface area contributed by atoms with E-state index in [9.17, 15) is 10.1 Å². The van der Waals surface area contributed by atoms with Gasteiger partial charge in [0.1, 0.15) is 11.4 Å². The van der Waals surface area contributed by atoms with Gasteiger partial charge in [0.05, 0.1) is 4.92 Å². The van der Waals surface area contributed by atoms with Crippen LogP contribution in [0.15, 0.2) is 28.8 Å². The van der Waals surface area contributed by atoms with Gasteiger partial charge in [-0.1, -0.05) is 11.2 Å². The zero-order valence-corrected chi connectivity index (χ0v) is 9.66. The van der Waals surface area contributed by atoms with Crippen LogP contribution in [0, 0.1) is 17.0 Å². The molecule has 1 heterocycles. The molecular formula is C12H11N3O3. The Labute approximate surface area is 103 Å². The molecule has 0 unspecified atom stereocenters. The molecule has 0 fully saturated rings. The van der Waals surface area contributed by atoms with E-state index < -0.39 is 4.92 Å². The minimum atomic E-state index is -0.439. The van der Waals surface area contributed by atoms with E-state index in [0.29, 0.717) is 17.1 Å². The van der Waals surface area contributed by atoms with Crippen LogP contribution in [0.5, 0.6) is 0 Å². The average Bonchev–Trinajstić information content (AvgIpc) is 2.68. The van der Waals surface area contributed by atoms with Gasteiger partial charge in [0.2, 0.25) is 0 Å². The first-order chi connectivity index (χ1) is 8.58. The predicted molar refractivity (Wildman–Crippen MR) is 67.7 cm³/mol. The van der Waals surface area contributed by atoms with Crippen molar-refractivity contribution in [2.24, 2.45) is 0 Å². The normalized spacial score (nSPS) is 10.9. The SMILES string of the molecule is Cc1noc(/C=C/c2ccc([N+](=O)[O-])cc2)c1N. The molecule has 6 nitrogen and oxygen atoms in total. The summed E-state index contributed by atoms with van der Waals surface area (Å²) in [5, 5.41) is 14.2. The number of hydrogen-bond donors (Lipinski definition) is 1. The van der Waals surface area contributed by atoms with Crippen molar-refractivity contribution in [2.45, 2.75) is 6.92 Å². The number of nitro benzene ring substituents is 1. The van der Waals surface area contributed by atoms with Crippen LogP contribution < -0.4 is 5.73 Å². The highest BCUT2D eigenvalue weighted by Gasteiger charge is 2.06. The van der Waals surface area contributed by atoms with Crippen molar-refractivity contribution in [1.82, 2.24) is 5.16 Å². The van der Waals surface area contributed by atoms with Crippen molar-refractivity contribution >= 4 is 23.5 Å². The molecule has 6 heteroatoms. The van der Waals surface area contributed by atoms with E-state index in [0.717, 1.165) is 5.56 Å².